The number of rotatable bonds is 6. The lowest BCUT2D eigenvalue weighted by atomic mass is 9.93. The lowest BCUT2D eigenvalue weighted by Crippen LogP contribution is -2.50. The Hall–Kier alpha value is -1.31. The Morgan fingerprint density at radius 2 is 1.90 bits per heavy atom. The first-order valence-corrected chi connectivity index (χ1v) is 8.76. The van der Waals surface area contributed by atoms with Gasteiger partial charge < -0.3 is 11.1 Å². The van der Waals surface area contributed by atoms with Crippen LogP contribution in [0.25, 0.3) is 0 Å². The van der Waals surface area contributed by atoms with E-state index in [1.807, 2.05) is 13.8 Å². The smallest absolute Gasteiger partial charge is 0.244 e. The van der Waals surface area contributed by atoms with Crippen molar-refractivity contribution in [1.29, 1.82) is 0 Å². The third-order valence-corrected chi connectivity index (χ3v) is 4.17. The van der Waals surface area contributed by atoms with Crippen molar-refractivity contribution in [2.24, 2.45) is 5.73 Å². The van der Waals surface area contributed by atoms with E-state index >= 15 is 0 Å². The molecule has 0 aliphatic heterocycles. The van der Waals surface area contributed by atoms with Crippen LogP contribution >= 0.6 is 11.6 Å². The number of halogens is 1. The summed E-state index contributed by atoms with van der Waals surface area (Å²) in [6.45, 7) is 3.65. The topological polar surface area (TPSA) is 101 Å². The minimum absolute atomic E-state index is 0.303. The summed E-state index contributed by atoms with van der Waals surface area (Å²) in [5, 5.41) is 2.95. The molecule has 1 amide bonds. The van der Waals surface area contributed by atoms with Gasteiger partial charge in [-0.05, 0) is 31.0 Å². The standard InChI is InChI=1S/C13H20ClN3O3S/c1-4-13(15,5-2)12(18)16-11-8-9(6-7-10(11)14)17-21(3,19)20/h6-8,17H,4-5,15H2,1-3H3,(H,16,18). The number of amides is 1. The molecule has 0 saturated carbocycles. The highest BCUT2D eigenvalue weighted by Crippen LogP contribution is 2.27. The lowest BCUT2D eigenvalue weighted by molar-refractivity contribution is -0.121. The van der Waals surface area contributed by atoms with Crippen LogP contribution in [0, 0.1) is 0 Å². The number of nitrogens with one attached hydrogen (secondary N) is 2. The molecule has 0 unspecified atom stereocenters. The Morgan fingerprint density at radius 1 is 1.33 bits per heavy atom. The summed E-state index contributed by atoms with van der Waals surface area (Å²) < 4.78 is 24.8. The predicted molar refractivity (Wildman–Crippen MR) is 86.0 cm³/mol. The van der Waals surface area contributed by atoms with Crippen molar-refractivity contribution in [2.75, 3.05) is 16.3 Å². The van der Waals surface area contributed by atoms with Gasteiger partial charge in [-0.25, -0.2) is 8.42 Å². The van der Waals surface area contributed by atoms with E-state index in [-0.39, 0.29) is 5.91 Å². The van der Waals surface area contributed by atoms with Gasteiger partial charge in [0.1, 0.15) is 0 Å². The highest BCUT2D eigenvalue weighted by atomic mass is 35.5. The minimum Gasteiger partial charge on any atom is -0.323 e. The second-order valence-corrected chi connectivity index (χ2v) is 7.04. The van der Waals surface area contributed by atoms with Gasteiger partial charge in [0.2, 0.25) is 15.9 Å². The fourth-order valence-corrected chi connectivity index (χ4v) is 2.44. The number of nitrogens with two attached hydrogens (primary N) is 1. The monoisotopic (exact) mass is 333 g/mol. The zero-order valence-corrected chi connectivity index (χ0v) is 13.8. The lowest BCUT2D eigenvalue weighted by Gasteiger charge is -2.25. The van der Waals surface area contributed by atoms with Crippen molar-refractivity contribution in [2.45, 2.75) is 32.2 Å². The predicted octanol–water partition coefficient (Wildman–Crippen LogP) is 2.17. The Morgan fingerprint density at radius 3 is 2.38 bits per heavy atom. The first kappa shape index (κ1) is 17.7. The molecule has 0 saturated heterocycles. The second kappa shape index (κ2) is 6.64. The Kier molecular flexibility index (Phi) is 5.61. The SMILES string of the molecule is CCC(N)(CC)C(=O)Nc1cc(NS(C)(=O)=O)ccc1Cl. The third-order valence-electron chi connectivity index (χ3n) is 3.23. The van der Waals surface area contributed by atoms with Crippen LogP contribution in [-0.4, -0.2) is 26.1 Å². The molecule has 1 rings (SSSR count). The van der Waals surface area contributed by atoms with Crippen molar-refractivity contribution in [3.63, 3.8) is 0 Å². The number of hydrogen-bond acceptors (Lipinski definition) is 4. The van der Waals surface area contributed by atoms with Crippen molar-refractivity contribution >= 4 is 38.9 Å². The molecule has 0 spiro atoms. The number of anilines is 2. The summed E-state index contributed by atoms with van der Waals surface area (Å²) in [6.07, 6.45) is 2.00. The molecule has 0 bridgehead atoms. The second-order valence-electron chi connectivity index (χ2n) is 4.89. The van der Waals surface area contributed by atoms with E-state index in [1.54, 1.807) is 0 Å². The molecule has 1 aromatic rings. The minimum atomic E-state index is -3.40. The molecule has 8 heteroatoms. The molecule has 4 N–H and O–H groups in total. The molecular weight excluding hydrogens is 314 g/mol. The zero-order valence-electron chi connectivity index (χ0n) is 12.2. The van der Waals surface area contributed by atoms with Crippen LogP contribution in [0.2, 0.25) is 5.02 Å². The van der Waals surface area contributed by atoms with E-state index in [1.165, 1.54) is 18.2 Å². The number of carbonyl (C=O) groups is 1. The van der Waals surface area contributed by atoms with Gasteiger partial charge in [0.15, 0.2) is 0 Å². The molecule has 0 aromatic heterocycles. The van der Waals surface area contributed by atoms with E-state index in [9.17, 15) is 13.2 Å². The Bertz CT molecular complexity index is 628. The van der Waals surface area contributed by atoms with E-state index < -0.39 is 15.6 Å². The highest BCUT2D eigenvalue weighted by molar-refractivity contribution is 7.92. The van der Waals surface area contributed by atoms with Crippen LogP contribution in [0.3, 0.4) is 0 Å². The third kappa shape index (κ3) is 4.87. The van der Waals surface area contributed by atoms with E-state index in [0.717, 1.165) is 6.26 Å². The Labute approximate surface area is 130 Å². The van der Waals surface area contributed by atoms with Crippen LogP contribution in [0.15, 0.2) is 18.2 Å². The maximum Gasteiger partial charge on any atom is 0.244 e. The van der Waals surface area contributed by atoms with Crippen molar-refractivity contribution in [1.82, 2.24) is 0 Å². The maximum absolute atomic E-state index is 12.2. The average Bonchev–Trinajstić information content (AvgIpc) is 2.39. The van der Waals surface area contributed by atoms with E-state index in [4.69, 9.17) is 17.3 Å². The van der Waals surface area contributed by atoms with Crippen molar-refractivity contribution in [3.8, 4) is 0 Å². The number of sulfonamides is 1. The molecule has 0 aliphatic rings. The normalized spacial score (nSPS) is 12.0. The van der Waals surface area contributed by atoms with E-state index in [0.29, 0.717) is 29.2 Å². The van der Waals surface area contributed by atoms with Crippen LogP contribution in [0.4, 0.5) is 11.4 Å². The summed E-state index contributed by atoms with van der Waals surface area (Å²) in [5.41, 5.74) is 5.65. The first-order chi connectivity index (χ1) is 9.61. The fraction of sp³-hybridized carbons (Fsp3) is 0.462. The molecule has 118 valence electrons. The van der Waals surface area contributed by atoms with Gasteiger partial charge in [0.25, 0.3) is 0 Å². The highest BCUT2D eigenvalue weighted by Gasteiger charge is 2.30. The average molecular weight is 334 g/mol. The largest absolute Gasteiger partial charge is 0.323 e. The van der Waals surface area contributed by atoms with Gasteiger partial charge in [-0.15, -0.1) is 0 Å². The molecule has 6 nitrogen and oxygen atoms in total. The fourth-order valence-electron chi connectivity index (χ4n) is 1.72. The molecule has 0 atom stereocenters. The number of benzene rings is 1. The van der Waals surface area contributed by atoms with Crippen LogP contribution < -0.4 is 15.8 Å². The van der Waals surface area contributed by atoms with E-state index in [2.05, 4.69) is 10.0 Å². The molecular formula is C13H20ClN3O3S. The summed E-state index contributed by atoms with van der Waals surface area (Å²) in [4.78, 5) is 12.2. The summed E-state index contributed by atoms with van der Waals surface area (Å²) >= 11 is 6.02. The molecule has 0 fully saturated rings. The summed E-state index contributed by atoms with van der Waals surface area (Å²) in [7, 11) is -3.40. The molecule has 0 radical (unpaired) electrons. The quantitative estimate of drug-likeness (QED) is 0.742. The van der Waals surface area contributed by atoms with Gasteiger partial charge in [-0.3, -0.25) is 9.52 Å². The number of carbonyl (C=O) groups excluding carboxylic acids is 1. The van der Waals surface area contributed by atoms with Crippen molar-refractivity contribution < 1.29 is 13.2 Å². The molecule has 0 aliphatic carbocycles. The van der Waals surface area contributed by atoms with Crippen LogP contribution in [-0.2, 0) is 14.8 Å². The Balaban J connectivity index is 3.03. The first-order valence-electron chi connectivity index (χ1n) is 6.49. The van der Waals surface area contributed by atoms with Gasteiger partial charge in [-0.1, -0.05) is 25.4 Å². The number of hydrogen-bond donors (Lipinski definition) is 3. The zero-order chi connectivity index (χ0) is 16.3. The van der Waals surface area contributed by atoms with Crippen LogP contribution in [0.1, 0.15) is 26.7 Å². The summed E-state index contributed by atoms with van der Waals surface area (Å²) in [6, 6.07) is 4.46. The van der Waals surface area contributed by atoms with Gasteiger partial charge in [0, 0.05) is 0 Å². The van der Waals surface area contributed by atoms with Crippen molar-refractivity contribution in [3.05, 3.63) is 23.2 Å². The molecule has 1 aromatic carbocycles. The molecule has 21 heavy (non-hydrogen) atoms. The van der Waals surface area contributed by atoms with Crippen LogP contribution in [0.5, 0.6) is 0 Å². The maximum atomic E-state index is 12.2. The summed E-state index contributed by atoms with van der Waals surface area (Å²) in [5.74, 6) is -0.356. The van der Waals surface area contributed by atoms with Gasteiger partial charge >= 0.3 is 0 Å². The molecule has 0 heterocycles. The van der Waals surface area contributed by atoms with Gasteiger partial charge in [-0.2, -0.15) is 0 Å². The van der Waals surface area contributed by atoms with Gasteiger partial charge in [0.05, 0.1) is 28.2 Å².